The molecule has 3 fully saturated rings. The fourth-order valence-electron chi connectivity index (χ4n) is 4.56. The van der Waals surface area contributed by atoms with E-state index in [1.807, 2.05) is 24.3 Å². The van der Waals surface area contributed by atoms with Crippen molar-refractivity contribution in [2.45, 2.75) is 38.8 Å². The molecule has 170 valence electrons. The minimum atomic E-state index is -0.551. The molecule has 3 heterocycles. The second-order valence-electron chi connectivity index (χ2n) is 8.40. The van der Waals surface area contributed by atoms with Gasteiger partial charge in [0.2, 0.25) is 0 Å². The Balaban J connectivity index is 1.53. The monoisotopic (exact) mass is 440 g/mol. The topological polar surface area (TPSA) is 59.1 Å². The van der Waals surface area contributed by atoms with Crippen molar-refractivity contribution in [2.24, 2.45) is 5.92 Å². The molecule has 6 nitrogen and oxygen atoms in total. The van der Waals surface area contributed by atoms with Crippen molar-refractivity contribution in [3.05, 3.63) is 65.5 Å². The lowest BCUT2D eigenvalue weighted by atomic mass is 9.86. The average molecular weight is 441 g/mol. The molecule has 2 bridgehead atoms. The Morgan fingerprint density at radius 1 is 1.09 bits per heavy atom. The molecule has 1 atom stereocenters. The molecule has 3 aliphatic rings. The minimum Gasteiger partial charge on any atom is -0.466 e. The van der Waals surface area contributed by atoms with Gasteiger partial charge in [-0.1, -0.05) is 36.4 Å². The Kier molecular flexibility index (Phi) is 7.05. The van der Waals surface area contributed by atoms with E-state index < -0.39 is 11.9 Å². The number of hydrogen-bond donors (Lipinski definition) is 0. The van der Waals surface area contributed by atoms with E-state index in [1.165, 1.54) is 11.0 Å². The van der Waals surface area contributed by atoms with Crippen LogP contribution < -0.4 is 4.90 Å². The number of hydrogen-bond acceptors (Lipinski definition) is 5. The maximum absolute atomic E-state index is 14.6. The molecule has 0 N–H and O–H groups in total. The number of piperidine rings is 3. The SMILES string of the molecule is CCOC(=O)Cc1cccc(CN(C(=O)O[C@H]2CN3CCC2CC3)c2ccccc2F)c1. The maximum Gasteiger partial charge on any atom is 0.415 e. The second kappa shape index (κ2) is 10.1. The smallest absolute Gasteiger partial charge is 0.415 e. The van der Waals surface area contributed by atoms with Gasteiger partial charge in [-0.3, -0.25) is 14.6 Å². The van der Waals surface area contributed by atoms with E-state index in [0.29, 0.717) is 12.5 Å². The maximum atomic E-state index is 14.6. The summed E-state index contributed by atoms with van der Waals surface area (Å²) >= 11 is 0. The van der Waals surface area contributed by atoms with Crippen LogP contribution in [0.15, 0.2) is 48.5 Å². The third-order valence-corrected chi connectivity index (χ3v) is 6.20. The Morgan fingerprint density at radius 3 is 2.53 bits per heavy atom. The van der Waals surface area contributed by atoms with Crippen molar-refractivity contribution in [3.8, 4) is 0 Å². The number of nitrogens with zero attached hydrogens (tertiary/aromatic N) is 2. The van der Waals surface area contributed by atoms with Gasteiger partial charge in [-0.2, -0.15) is 0 Å². The van der Waals surface area contributed by atoms with Gasteiger partial charge in [-0.25, -0.2) is 9.18 Å². The van der Waals surface area contributed by atoms with Crippen LogP contribution in [-0.4, -0.2) is 49.3 Å². The Hall–Kier alpha value is -2.93. The van der Waals surface area contributed by atoms with E-state index in [2.05, 4.69) is 4.90 Å². The average Bonchev–Trinajstić information content (AvgIpc) is 2.79. The van der Waals surface area contributed by atoms with Crippen LogP contribution in [-0.2, 0) is 27.2 Å². The Morgan fingerprint density at radius 2 is 1.84 bits per heavy atom. The zero-order valence-electron chi connectivity index (χ0n) is 18.3. The first kappa shape index (κ1) is 22.3. The molecular formula is C25H29FN2O4. The van der Waals surface area contributed by atoms with Crippen LogP contribution in [0.3, 0.4) is 0 Å². The Bertz CT molecular complexity index is 958. The van der Waals surface area contributed by atoms with Gasteiger partial charge in [0.05, 0.1) is 25.3 Å². The Labute approximate surface area is 187 Å². The fraction of sp³-hybridized carbons (Fsp3) is 0.440. The predicted octanol–water partition coefficient (Wildman–Crippen LogP) is 4.17. The molecule has 7 heteroatoms. The number of esters is 1. The van der Waals surface area contributed by atoms with Crippen LogP contribution in [0.2, 0.25) is 0 Å². The summed E-state index contributed by atoms with van der Waals surface area (Å²) in [6, 6.07) is 13.5. The van der Waals surface area contributed by atoms with Crippen molar-refractivity contribution in [1.29, 1.82) is 0 Å². The normalized spacial score (nSPS) is 21.8. The standard InChI is InChI=1S/C25H29FN2O4/c1-2-31-24(29)15-18-6-5-7-19(14-18)16-28(22-9-4-3-8-21(22)26)25(30)32-23-17-27-12-10-20(23)11-13-27/h3-9,14,20,23H,2,10-13,15-17H2,1H3/t23-/m0/s1. The molecule has 2 aromatic rings. The van der Waals surface area contributed by atoms with Gasteiger partial charge in [0.1, 0.15) is 11.9 Å². The molecule has 2 aromatic carbocycles. The van der Waals surface area contributed by atoms with E-state index in [0.717, 1.165) is 43.6 Å². The summed E-state index contributed by atoms with van der Waals surface area (Å²) in [7, 11) is 0. The molecule has 0 unspecified atom stereocenters. The van der Waals surface area contributed by atoms with Gasteiger partial charge in [-0.05, 0) is 62.0 Å². The summed E-state index contributed by atoms with van der Waals surface area (Å²) in [5.74, 6) is -0.433. The van der Waals surface area contributed by atoms with E-state index in [9.17, 15) is 14.0 Å². The van der Waals surface area contributed by atoms with Gasteiger partial charge < -0.3 is 9.47 Å². The third-order valence-electron chi connectivity index (χ3n) is 6.20. The lowest BCUT2D eigenvalue weighted by Gasteiger charge is -2.44. The van der Waals surface area contributed by atoms with E-state index in [1.54, 1.807) is 25.1 Å². The molecule has 0 aliphatic carbocycles. The number of ether oxygens (including phenoxy) is 2. The molecule has 1 amide bonds. The van der Waals surface area contributed by atoms with E-state index in [4.69, 9.17) is 9.47 Å². The molecule has 0 aromatic heterocycles. The summed E-state index contributed by atoms with van der Waals surface area (Å²) < 4.78 is 25.6. The molecule has 5 rings (SSSR count). The largest absolute Gasteiger partial charge is 0.466 e. The van der Waals surface area contributed by atoms with Crippen molar-refractivity contribution in [2.75, 3.05) is 31.1 Å². The van der Waals surface area contributed by atoms with Crippen molar-refractivity contribution < 1.29 is 23.5 Å². The number of para-hydroxylation sites is 1. The van der Waals surface area contributed by atoms with Crippen LogP contribution in [0.5, 0.6) is 0 Å². The highest BCUT2D eigenvalue weighted by Gasteiger charge is 2.37. The molecular weight excluding hydrogens is 411 g/mol. The molecule has 0 saturated carbocycles. The van der Waals surface area contributed by atoms with Gasteiger partial charge in [0, 0.05) is 6.54 Å². The lowest BCUT2D eigenvalue weighted by molar-refractivity contribution is -0.142. The van der Waals surface area contributed by atoms with Crippen molar-refractivity contribution >= 4 is 17.7 Å². The molecule has 3 saturated heterocycles. The van der Waals surface area contributed by atoms with Gasteiger partial charge >= 0.3 is 12.1 Å². The third kappa shape index (κ3) is 5.27. The highest BCUT2D eigenvalue weighted by Crippen LogP contribution is 2.31. The van der Waals surface area contributed by atoms with E-state index >= 15 is 0 Å². The number of anilines is 1. The summed E-state index contributed by atoms with van der Waals surface area (Å²) in [6.45, 7) is 5.05. The molecule has 3 aliphatic heterocycles. The number of amides is 1. The van der Waals surface area contributed by atoms with Crippen molar-refractivity contribution in [1.82, 2.24) is 4.90 Å². The molecule has 0 radical (unpaired) electrons. The first-order chi connectivity index (χ1) is 15.5. The second-order valence-corrected chi connectivity index (χ2v) is 8.40. The van der Waals surface area contributed by atoms with Crippen molar-refractivity contribution in [3.63, 3.8) is 0 Å². The predicted molar refractivity (Wildman–Crippen MR) is 119 cm³/mol. The minimum absolute atomic E-state index is 0.136. The van der Waals surface area contributed by atoms with Gasteiger partial charge in [0.25, 0.3) is 0 Å². The summed E-state index contributed by atoms with van der Waals surface area (Å²) in [4.78, 5) is 28.7. The summed E-state index contributed by atoms with van der Waals surface area (Å²) in [6.07, 6.45) is 1.46. The zero-order chi connectivity index (χ0) is 22.5. The van der Waals surface area contributed by atoms with E-state index in [-0.39, 0.29) is 30.7 Å². The molecule has 32 heavy (non-hydrogen) atoms. The first-order valence-corrected chi connectivity index (χ1v) is 11.2. The number of rotatable bonds is 7. The highest BCUT2D eigenvalue weighted by molar-refractivity contribution is 5.88. The number of fused-ring (bicyclic) bond motifs is 3. The zero-order valence-corrected chi connectivity index (χ0v) is 18.3. The number of halogens is 1. The van der Waals surface area contributed by atoms with Crippen LogP contribution in [0.25, 0.3) is 0 Å². The lowest BCUT2D eigenvalue weighted by Crippen LogP contribution is -2.53. The number of carbonyl (C=O) groups is 2. The van der Waals surface area contributed by atoms with Crippen LogP contribution in [0, 0.1) is 11.7 Å². The molecule has 0 spiro atoms. The quantitative estimate of drug-likeness (QED) is 0.605. The summed E-state index contributed by atoms with van der Waals surface area (Å²) in [5, 5.41) is 0. The van der Waals surface area contributed by atoms with Gasteiger partial charge in [0.15, 0.2) is 0 Å². The number of carbonyl (C=O) groups excluding carboxylic acids is 2. The fourth-order valence-corrected chi connectivity index (χ4v) is 4.56. The van der Waals surface area contributed by atoms with Crippen LogP contribution in [0.4, 0.5) is 14.9 Å². The summed E-state index contributed by atoms with van der Waals surface area (Å²) in [5.41, 5.74) is 1.73. The van der Waals surface area contributed by atoms with Crippen LogP contribution >= 0.6 is 0 Å². The first-order valence-electron chi connectivity index (χ1n) is 11.2. The highest BCUT2D eigenvalue weighted by atomic mass is 19.1. The van der Waals surface area contributed by atoms with Crippen LogP contribution in [0.1, 0.15) is 30.9 Å². The number of benzene rings is 2. The van der Waals surface area contributed by atoms with Gasteiger partial charge in [-0.15, -0.1) is 0 Å².